The third kappa shape index (κ3) is 2.35. The van der Waals surface area contributed by atoms with Crippen LogP contribution < -0.4 is 14.9 Å². The van der Waals surface area contributed by atoms with Gasteiger partial charge in [0.1, 0.15) is 7.85 Å². The van der Waals surface area contributed by atoms with Gasteiger partial charge >= 0.3 is 0 Å². The van der Waals surface area contributed by atoms with Gasteiger partial charge in [-0.05, 0) is 23.5 Å². The van der Waals surface area contributed by atoms with Gasteiger partial charge in [-0.15, -0.1) is 0 Å². The summed E-state index contributed by atoms with van der Waals surface area (Å²) < 4.78 is 25.2. The molecular formula is C12H17BN4O2S. The first-order chi connectivity index (χ1) is 9.45. The smallest absolute Gasteiger partial charge is 0.232 e. The van der Waals surface area contributed by atoms with E-state index in [0.717, 1.165) is 36.0 Å². The maximum Gasteiger partial charge on any atom is 0.232 e. The van der Waals surface area contributed by atoms with Crippen LogP contribution in [-0.4, -0.2) is 48.1 Å². The highest BCUT2D eigenvalue weighted by Crippen LogP contribution is 2.38. The predicted molar refractivity (Wildman–Crippen MR) is 83.0 cm³/mol. The first-order valence-corrected chi connectivity index (χ1v) is 8.48. The minimum Gasteiger partial charge on any atom is -0.354 e. The Kier molecular flexibility index (Phi) is 3.12. The fourth-order valence-electron chi connectivity index (χ4n) is 2.63. The van der Waals surface area contributed by atoms with E-state index in [1.165, 1.54) is 10.6 Å². The first-order valence-electron chi connectivity index (χ1n) is 6.63. The SMILES string of the molecule is BC1CN(S(C)(=O)=O)c2cc(N=C3NCCN3)ccc21. The van der Waals surface area contributed by atoms with E-state index in [9.17, 15) is 8.42 Å². The molecule has 1 unspecified atom stereocenters. The second-order valence-corrected chi connectivity index (χ2v) is 7.16. The average molecular weight is 292 g/mol. The van der Waals surface area contributed by atoms with Crippen LogP contribution in [0.5, 0.6) is 0 Å². The Balaban J connectivity index is 2.01. The minimum absolute atomic E-state index is 0.212. The maximum absolute atomic E-state index is 11.9. The molecule has 106 valence electrons. The zero-order valence-electron chi connectivity index (χ0n) is 11.5. The monoisotopic (exact) mass is 292 g/mol. The molecule has 0 radical (unpaired) electrons. The molecule has 0 spiro atoms. The van der Waals surface area contributed by atoms with E-state index < -0.39 is 10.0 Å². The van der Waals surface area contributed by atoms with Crippen molar-refractivity contribution in [3.8, 4) is 0 Å². The fraction of sp³-hybridized carbons (Fsp3) is 0.417. The van der Waals surface area contributed by atoms with Crippen molar-refractivity contribution >= 4 is 35.2 Å². The summed E-state index contributed by atoms with van der Waals surface area (Å²) in [5.74, 6) is 0.950. The van der Waals surface area contributed by atoms with Gasteiger partial charge in [-0.1, -0.05) is 6.07 Å². The van der Waals surface area contributed by atoms with Crippen molar-refractivity contribution in [1.29, 1.82) is 0 Å². The average Bonchev–Trinajstić information content (AvgIpc) is 2.97. The predicted octanol–water partition coefficient (Wildman–Crippen LogP) is -0.679. The van der Waals surface area contributed by atoms with Gasteiger partial charge in [0.15, 0.2) is 5.96 Å². The number of hydrogen-bond donors (Lipinski definition) is 2. The molecule has 2 aliphatic rings. The van der Waals surface area contributed by atoms with Crippen LogP contribution in [0.1, 0.15) is 11.4 Å². The lowest BCUT2D eigenvalue weighted by atomic mass is 9.83. The van der Waals surface area contributed by atoms with Crippen molar-refractivity contribution in [1.82, 2.24) is 10.6 Å². The van der Waals surface area contributed by atoms with E-state index in [0.29, 0.717) is 6.54 Å². The molecule has 0 aromatic heterocycles. The van der Waals surface area contributed by atoms with Crippen molar-refractivity contribution in [2.45, 2.75) is 5.82 Å². The molecule has 1 atom stereocenters. The summed E-state index contributed by atoms with van der Waals surface area (Å²) in [7, 11) is -1.20. The number of rotatable bonds is 2. The highest BCUT2D eigenvalue weighted by atomic mass is 32.2. The van der Waals surface area contributed by atoms with Gasteiger partial charge < -0.3 is 10.6 Å². The standard InChI is InChI=1S/C12H17BN4O2S/c1-20(18,19)17-7-10(13)9-3-2-8(6-11(9)17)16-12-14-4-5-15-12/h2-3,6,10H,4-5,7,13H2,1H3,(H2,14,15,16). The number of benzene rings is 1. The molecule has 1 aromatic carbocycles. The van der Waals surface area contributed by atoms with E-state index >= 15 is 0 Å². The molecule has 2 N–H and O–H groups in total. The molecule has 2 heterocycles. The van der Waals surface area contributed by atoms with Gasteiger partial charge in [-0.25, -0.2) is 13.4 Å². The third-order valence-electron chi connectivity index (χ3n) is 3.60. The lowest BCUT2D eigenvalue weighted by molar-refractivity contribution is 0.598. The van der Waals surface area contributed by atoms with E-state index in [4.69, 9.17) is 0 Å². The highest BCUT2D eigenvalue weighted by Gasteiger charge is 2.31. The number of anilines is 1. The molecule has 20 heavy (non-hydrogen) atoms. The maximum atomic E-state index is 11.9. The van der Waals surface area contributed by atoms with Crippen molar-refractivity contribution in [2.24, 2.45) is 4.99 Å². The first kappa shape index (κ1) is 13.3. The summed E-state index contributed by atoms with van der Waals surface area (Å²) >= 11 is 0. The van der Waals surface area contributed by atoms with Crippen LogP contribution in [0.3, 0.4) is 0 Å². The Hall–Kier alpha value is -1.70. The molecule has 0 bridgehead atoms. The van der Waals surface area contributed by atoms with Gasteiger partial charge in [0.2, 0.25) is 10.0 Å². The Labute approximate surface area is 119 Å². The molecule has 0 aliphatic carbocycles. The Morgan fingerprint density at radius 3 is 2.70 bits per heavy atom. The van der Waals surface area contributed by atoms with E-state index in [2.05, 4.69) is 15.6 Å². The third-order valence-corrected chi connectivity index (χ3v) is 4.75. The zero-order chi connectivity index (χ0) is 14.3. The van der Waals surface area contributed by atoms with Gasteiger partial charge in [0.25, 0.3) is 0 Å². The Bertz CT molecular complexity index is 666. The van der Waals surface area contributed by atoms with Crippen LogP contribution in [-0.2, 0) is 10.0 Å². The summed E-state index contributed by atoms with van der Waals surface area (Å²) in [5.41, 5.74) is 2.56. The van der Waals surface area contributed by atoms with Crippen molar-refractivity contribution in [2.75, 3.05) is 30.2 Å². The quantitative estimate of drug-likeness (QED) is 0.708. The molecule has 0 amide bonds. The number of hydrogen-bond acceptors (Lipinski definition) is 3. The second-order valence-electron chi connectivity index (χ2n) is 5.25. The lowest BCUT2D eigenvalue weighted by Crippen LogP contribution is -2.28. The van der Waals surface area contributed by atoms with Crippen LogP contribution in [0.25, 0.3) is 0 Å². The number of nitrogens with zero attached hydrogens (tertiary/aromatic N) is 2. The Morgan fingerprint density at radius 2 is 2.05 bits per heavy atom. The van der Waals surface area contributed by atoms with Crippen LogP contribution >= 0.6 is 0 Å². The lowest BCUT2D eigenvalue weighted by Gasteiger charge is -2.16. The molecule has 3 rings (SSSR count). The number of nitrogens with one attached hydrogen (secondary N) is 2. The normalized spacial score (nSPS) is 21.4. The van der Waals surface area contributed by atoms with Crippen LogP contribution in [0, 0.1) is 0 Å². The summed E-state index contributed by atoms with van der Waals surface area (Å²) in [4.78, 5) is 4.45. The van der Waals surface area contributed by atoms with Gasteiger partial charge in [0, 0.05) is 19.6 Å². The molecule has 1 fully saturated rings. The molecule has 8 heteroatoms. The largest absolute Gasteiger partial charge is 0.354 e. The molecule has 1 aromatic rings. The zero-order valence-corrected chi connectivity index (χ0v) is 12.4. The van der Waals surface area contributed by atoms with Crippen molar-refractivity contribution in [3.05, 3.63) is 23.8 Å². The van der Waals surface area contributed by atoms with E-state index in [1.807, 2.05) is 26.0 Å². The molecule has 0 saturated carbocycles. The molecule has 6 nitrogen and oxygen atoms in total. The van der Waals surface area contributed by atoms with E-state index in [1.54, 1.807) is 0 Å². The van der Waals surface area contributed by atoms with Gasteiger partial charge in [-0.2, -0.15) is 0 Å². The van der Waals surface area contributed by atoms with Crippen molar-refractivity contribution < 1.29 is 8.42 Å². The highest BCUT2D eigenvalue weighted by molar-refractivity contribution is 7.92. The number of fused-ring (bicyclic) bond motifs is 1. The van der Waals surface area contributed by atoms with Crippen LogP contribution in [0.15, 0.2) is 23.2 Å². The van der Waals surface area contributed by atoms with E-state index in [-0.39, 0.29) is 5.82 Å². The molecular weight excluding hydrogens is 275 g/mol. The minimum atomic E-state index is -3.24. The number of sulfonamides is 1. The second kappa shape index (κ2) is 4.69. The summed E-state index contributed by atoms with van der Waals surface area (Å²) in [5, 5.41) is 6.26. The Morgan fingerprint density at radius 1 is 1.35 bits per heavy atom. The van der Waals surface area contributed by atoms with Gasteiger partial charge in [0.05, 0.1) is 17.6 Å². The molecule has 2 aliphatic heterocycles. The summed E-state index contributed by atoms with van der Waals surface area (Å²) in [6.45, 7) is 2.22. The van der Waals surface area contributed by atoms with Gasteiger partial charge in [-0.3, -0.25) is 4.31 Å². The number of aliphatic imine (C=N–C) groups is 1. The fourth-order valence-corrected chi connectivity index (χ4v) is 3.64. The summed E-state index contributed by atoms with van der Waals surface area (Å²) in [6, 6.07) is 5.74. The topological polar surface area (TPSA) is 73.8 Å². The summed E-state index contributed by atoms with van der Waals surface area (Å²) in [6.07, 6.45) is 1.24. The molecule has 1 saturated heterocycles. The van der Waals surface area contributed by atoms with Crippen LogP contribution in [0.2, 0.25) is 0 Å². The van der Waals surface area contributed by atoms with Crippen LogP contribution in [0.4, 0.5) is 11.4 Å². The van der Waals surface area contributed by atoms with Crippen molar-refractivity contribution in [3.63, 3.8) is 0 Å². The number of guanidine groups is 1.